The number of ether oxygens (including phenoxy) is 1. The van der Waals surface area contributed by atoms with Gasteiger partial charge in [-0.05, 0) is 70.3 Å². The molecule has 1 saturated carbocycles. The Labute approximate surface area is 287 Å². The number of halogens is 1. The molecule has 0 spiro atoms. The Hall–Kier alpha value is -4.86. The standard InChI is InChI=1S/C28H35N9O3.C5H4ClNO2/c1-18-15-22(34-40-18)28(38)32-21-5-3-4-6-24(21)39-16-23-25-26(29)30-17-31-27(25)37(33-23)20-9-7-19(8-10-20)36-13-11-35(2)12-14-36;1-3-2-4(5(6)8)7-9-3/h3-6,15,17,19-20H,7-14,16H2,1-2H3,(H,32,38)(H2,29,30,31);2H,1H3. The van der Waals surface area contributed by atoms with Crippen LogP contribution in [-0.4, -0.2) is 90.3 Å². The van der Waals surface area contributed by atoms with E-state index in [4.69, 9.17) is 31.7 Å². The number of nitrogen functional groups attached to an aromatic ring is 1. The zero-order valence-electron chi connectivity index (χ0n) is 27.6. The molecule has 3 N–H and O–H groups in total. The summed E-state index contributed by atoms with van der Waals surface area (Å²) in [7, 11) is 2.19. The Kier molecular flexibility index (Phi) is 10.5. The van der Waals surface area contributed by atoms with Crippen LogP contribution in [0.25, 0.3) is 11.0 Å². The van der Waals surface area contributed by atoms with E-state index in [1.54, 1.807) is 32.0 Å². The summed E-state index contributed by atoms with van der Waals surface area (Å²) in [5, 5.41) is 15.1. The molecule has 4 aromatic heterocycles. The van der Waals surface area contributed by atoms with Crippen molar-refractivity contribution in [2.24, 2.45) is 0 Å². The number of nitrogens with one attached hydrogen (secondary N) is 1. The molecule has 0 unspecified atom stereocenters. The minimum Gasteiger partial charge on any atom is -0.485 e. The Morgan fingerprint density at radius 1 is 0.959 bits per heavy atom. The molecule has 1 aliphatic heterocycles. The molecule has 258 valence electrons. The number of para-hydroxylation sites is 2. The monoisotopic (exact) mass is 690 g/mol. The number of piperazine rings is 1. The molecule has 2 aliphatic rings. The average Bonchev–Trinajstić information content (AvgIpc) is 3.84. The van der Waals surface area contributed by atoms with Crippen molar-refractivity contribution >= 4 is 45.3 Å². The van der Waals surface area contributed by atoms with E-state index in [2.05, 4.69) is 47.0 Å². The number of anilines is 2. The number of hydrogen-bond acceptors (Lipinski definition) is 13. The van der Waals surface area contributed by atoms with Crippen molar-refractivity contribution in [2.45, 2.75) is 58.2 Å². The molecule has 16 heteroatoms. The lowest BCUT2D eigenvalue weighted by Crippen LogP contribution is -2.49. The molecule has 1 aliphatic carbocycles. The molecule has 1 amide bonds. The Bertz CT molecular complexity index is 1910. The van der Waals surface area contributed by atoms with E-state index in [0.29, 0.717) is 45.9 Å². The van der Waals surface area contributed by atoms with Crippen LogP contribution >= 0.6 is 11.6 Å². The van der Waals surface area contributed by atoms with Gasteiger partial charge in [-0.25, -0.2) is 14.6 Å². The summed E-state index contributed by atoms with van der Waals surface area (Å²) in [5.74, 6) is 1.64. The van der Waals surface area contributed by atoms with Crippen LogP contribution < -0.4 is 15.8 Å². The minimum atomic E-state index is -0.591. The maximum absolute atomic E-state index is 12.6. The topological polar surface area (TPSA) is 184 Å². The molecule has 15 nitrogen and oxygen atoms in total. The van der Waals surface area contributed by atoms with Gasteiger partial charge in [-0.3, -0.25) is 14.5 Å². The van der Waals surface area contributed by atoms with Gasteiger partial charge in [0.2, 0.25) is 0 Å². The minimum absolute atomic E-state index is 0.146. The van der Waals surface area contributed by atoms with Crippen molar-refractivity contribution in [3.63, 3.8) is 0 Å². The Morgan fingerprint density at radius 2 is 1.61 bits per heavy atom. The SMILES string of the molecule is Cc1cc(C(=O)Cl)no1.Cc1cc(C(=O)Nc2ccccc2OCc2nn(C3CCC(N4CCN(C)CC4)CC3)c3ncnc(N)c23)no1. The number of hydrogen-bond donors (Lipinski definition) is 2. The van der Waals surface area contributed by atoms with Crippen LogP contribution in [0.3, 0.4) is 0 Å². The molecular weight excluding hydrogens is 652 g/mol. The zero-order chi connectivity index (χ0) is 34.5. The van der Waals surface area contributed by atoms with Crippen molar-refractivity contribution in [1.82, 2.24) is 39.9 Å². The van der Waals surface area contributed by atoms with Crippen molar-refractivity contribution in [3.05, 3.63) is 71.3 Å². The first-order valence-electron chi connectivity index (χ1n) is 16.2. The second-order valence-corrected chi connectivity index (χ2v) is 12.7. The second kappa shape index (κ2) is 15.1. The molecule has 7 rings (SSSR count). The number of benzene rings is 1. The fourth-order valence-electron chi connectivity index (χ4n) is 6.24. The predicted molar refractivity (Wildman–Crippen MR) is 181 cm³/mol. The van der Waals surface area contributed by atoms with Gasteiger partial charge in [0.15, 0.2) is 17.0 Å². The van der Waals surface area contributed by atoms with Crippen molar-refractivity contribution in [3.8, 4) is 5.75 Å². The second-order valence-electron chi connectivity index (χ2n) is 12.3. The highest BCUT2D eigenvalue weighted by atomic mass is 35.5. The molecule has 2 fully saturated rings. The van der Waals surface area contributed by atoms with E-state index >= 15 is 0 Å². The zero-order valence-corrected chi connectivity index (χ0v) is 28.4. The summed E-state index contributed by atoms with van der Waals surface area (Å²) in [4.78, 5) is 36.8. The molecule has 0 atom stereocenters. The molecule has 0 radical (unpaired) electrons. The highest BCUT2D eigenvalue weighted by Crippen LogP contribution is 2.35. The third kappa shape index (κ3) is 8.07. The van der Waals surface area contributed by atoms with E-state index in [1.807, 2.05) is 16.8 Å². The fourth-order valence-corrected chi connectivity index (χ4v) is 6.33. The number of aryl methyl sites for hydroxylation is 2. The lowest BCUT2D eigenvalue weighted by molar-refractivity contribution is 0.0814. The first kappa shape index (κ1) is 34.0. The third-order valence-corrected chi connectivity index (χ3v) is 9.04. The summed E-state index contributed by atoms with van der Waals surface area (Å²) in [6.07, 6.45) is 5.84. The lowest BCUT2D eigenvalue weighted by Gasteiger charge is -2.41. The summed E-state index contributed by atoms with van der Waals surface area (Å²) in [6, 6.07) is 11.2. The molecule has 1 aromatic carbocycles. The van der Waals surface area contributed by atoms with Crippen LogP contribution in [0, 0.1) is 13.8 Å². The summed E-state index contributed by atoms with van der Waals surface area (Å²) < 4.78 is 17.8. The van der Waals surface area contributed by atoms with Crippen LogP contribution in [0.4, 0.5) is 11.5 Å². The largest absolute Gasteiger partial charge is 0.485 e. The van der Waals surface area contributed by atoms with Crippen LogP contribution in [0.5, 0.6) is 5.75 Å². The van der Waals surface area contributed by atoms with Gasteiger partial charge in [-0.15, -0.1) is 0 Å². The predicted octanol–water partition coefficient (Wildman–Crippen LogP) is 4.63. The number of amides is 1. The number of rotatable bonds is 8. The number of aromatic nitrogens is 6. The normalized spacial score (nSPS) is 18.5. The van der Waals surface area contributed by atoms with Gasteiger partial charge in [0.1, 0.15) is 41.7 Å². The smallest absolute Gasteiger partial charge is 0.277 e. The Morgan fingerprint density at radius 3 is 2.24 bits per heavy atom. The Balaban J connectivity index is 0.000000403. The molecule has 5 heterocycles. The van der Waals surface area contributed by atoms with E-state index in [0.717, 1.165) is 57.5 Å². The molecule has 49 heavy (non-hydrogen) atoms. The van der Waals surface area contributed by atoms with Gasteiger partial charge in [0, 0.05) is 44.4 Å². The van der Waals surface area contributed by atoms with Crippen LogP contribution in [-0.2, 0) is 6.61 Å². The number of likely N-dealkylation sites (N-methyl/N-ethyl adjacent to an activating group) is 1. The van der Waals surface area contributed by atoms with Gasteiger partial charge in [-0.2, -0.15) is 5.10 Å². The summed E-state index contributed by atoms with van der Waals surface area (Å²) >= 11 is 5.06. The number of carbonyl (C=O) groups is 2. The number of carbonyl (C=O) groups excluding carboxylic acids is 2. The fraction of sp³-hybridized carbons (Fsp3) is 0.424. The van der Waals surface area contributed by atoms with E-state index in [1.165, 1.54) is 12.4 Å². The highest BCUT2D eigenvalue weighted by molar-refractivity contribution is 6.67. The first-order chi connectivity index (χ1) is 23.7. The van der Waals surface area contributed by atoms with Crippen LogP contribution in [0.2, 0.25) is 0 Å². The van der Waals surface area contributed by atoms with E-state index in [9.17, 15) is 9.59 Å². The highest BCUT2D eigenvalue weighted by Gasteiger charge is 2.30. The number of nitrogens with zero attached hydrogens (tertiary/aromatic N) is 8. The summed E-state index contributed by atoms with van der Waals surface area (Å²) in [5.41, 5.74) is 8.60. The van der Waals surface area contributed by atoms with Gasteiger partial charge < -0.3 is 29.7 Å². The molecule has 1 saturated heterocycles. The van der Waals surface area contributed by atoms with Crippen LogP contribution in [0.15, 0.2) is 51.8 Å². The maximum atomic E-state index is 12.6. The van der Waals surface area contributed by atoms with Gasteiger partial charge in [0.25, 0.3) is 11.1 Å². The van der Waals surface area contributed by atoms with E-state index < -0.39 is 5.24 Å². The number of fused-ring (bicyclic) bond motifs is 1. The molecule has 5 aromatic rings. The van der Waals surface area contributed by atoms with Crippen LogP contribution in [0.1, 0.15) is 69.9 Å². The summed E-state index contributed by atoms with van der Waals surface area (Å²) in [6.45, 7) is 8.12. The third-order valence-electron chi connectivity index (χ3n) is 8.85. The van der Waals surface area contributed by atoms with Crippen molar-refractivity contribution in [1.29, 1.82) is 0 Å². The average molecular weight is 691 g/mol. The first-order valence-corrected chi connectivity index (χ1v) is 16.5. The van der Waals surface area contributed by atoms with Crippen molar-refractivity contribution in [2.75, 3.05) is 44.3 Å². The molecular formula is C33H39ClN10O5. The lowest BCUT2D eigenvalue weighted by atomic mass is 9.90. The van der Waals surface area contributed by atoms with E-state index in [-0.39, 0.29) is 29.9 Å². The number of nitrogens with two attached hydrogens (primary N) is 1. The maximum Gasteiger partial charge on any atom is 0.277 e. The van der Waals surface area contributed by atoms with Crippen molar-refractivity contribution < 1.29 is 23.4 Å². The van der Waals surface area contributed by atoms with Gasteiger partial charge in [-0.1, -0.05) is 22.4 Å². The van der Waals surface area contributed by atoms with Gasteiger partial charge >= 0.3 is 0 Å². The quantitative estimate of drug-likeness (QED) is 0.215. The van der Waals surface area contributed by atoms with Gasteiger partial charge in [0.05, 0.1) is 17.1 Å². The molecule has 0 bridgehead atoms.